The van der Waals surface area contributed by atoms with Gasteiger partial charge in [-0.3, -0.25) is 0 Å². The lowest BCUT2D eigenvalue weighted by Gasteiger charge is -2.39. The summed E-state index contributed by atoms with van der Waals surface area (Å²) < 4.78 is 21.6. The van der Waals surface area contributed by atoms with Crippen molar-refractivity contribution < 1.29 is 13.6 Å². The summed E-state index contributed by atoms with van der Waals surface area (Å²) in [7, 11) is -4.17. The van der Waals surface area contributed by atoms with E-state index in [1.54, 1.807) is 0 Å². The zero-order valence-electron chi connectivity index (χ0n) is 14.0. The highest BCUT2D eigenvalue weighted by atomic mass is 79.9. The fourth-order valence-corrected chi connectivity index (χ4v) is 11.5. The van der Waals surface area contributed by atoms with Crippen LogP contribution in [0.25, 0.3) is 0 Å². The van der Waals surface area contributed by atoms with E-state index in [1.807, 2.05) is 18.2 Å². The normalized spacial score (nSPS) is 22.0. The molecule has 0 aliphatic carbocycles. The monoisotopic (exact) mass is 584 g/mol. The second-order valence-electron chi connectivity index (χ2n) is 6.47. The highest BCUT2D eigenvalue weighted by Crippen LogP contribution is 2.50. The second kappa shape index (κ2) is 6.60. The van der Waals surface area contributed by atoms with Gasteiger partial charge in [0.25, 0.3) is 0 Å². The maximum Gasteiger partial charge on any atom is 0.530 e. The number of hydrogen-bond donors (Lipinski definition) is 0. The standard InChI is InChI=1S/C19H12Br3O3PSi/c1-27-14-8-2-5-11(20)17(14)23-26(24-18-12(21)6-3-9-15(18)27)25-19-13(22)7-4-10-16(19)27/h2-10H,1H3. The van der Waals surface area contributed by atoms with Crippen LogP contribution in [0.1, 0.15) is 0 Å². The first kappa shape index (κ1) is 18.2. The molecule has 0 atom stereocenters. The van der Waals surface area contributed by atoms with Gasteiger partial charge in [-0.15, -0.1) is 0 Å². The Morgan fingerprint density at radius 3 is 1.30 bits per heavy atom. The molecule has 8 heteroatoms. The van der Waals surface area contributed by atoms with Crippen molar-refractivity contribution in [3.8, 4) is 17.2 Å². The number of rotatable bonds is 0. The Hall–Kier alpha value is -0.853. The molecular formula is C19H12Br3O3PSi. The van der Waals surface area contributed by atoms with E-state index in [4.69, 9.17) is 13.6 Å². The molecule has 27 heavy (non-hydrogen) atoms. The van der Waals surface area contributed by atoms with Crippen LogP contribution in [0.2, 0.25) is 6.55 Å². The Balaban J connectivity index is 1.98. The van der Waals surface area contributed by atoms with Crippen molar-refractivity contribution in [1.82, 2.24) is 0 Å². The first-order chi connectivity index (χ1) is 13.0. The molecule has 0 saturated heterocycles. The van der Waals surface area contributed by atoms with E-state index < -0.39 is 16.7 Å². The molecule has 3 aliphatic rings. The van der Waals surface area contributed by atoms with Gasteiger partial charge in [0.15, 0.2) is 8.07 Å². The third-order valence-electron chi connectivity index (χ3n) is 5.01. The maximum atomic E-state index is 6.29. The Labute approximate surface area is 184 Å². The summed E-state index contributed by atoms with van der Waals surface area (Å²) in [5.74, 6) is 2.44. The molecule has 3 aromatic carbocycles. The van der Waals surface area contributed by atoms with Crippen molar-refractivity contribution in [2.45, 2.75) is 6.55 Å². The molecule has 0 unspecified atom stereocenters. The third kappa shape index (κ3) is 2.66. The lowest BCUT2D eigenvalue weighted by atomic mass is 10.3. The van der Waals surface area contributed by atoms with E-state index in [1.165, 1.54) is 15.6 Å². The Bertz CT molecular complexity index is 957. The smallest absolute Gasteiger partial charge is 0.407 e. The fourth-order valence-electron chi connectivity index (χ4n) is 3.70. The van der Waals surface area contributed by atoms with E-state index in [2.05, 4.69) is 90.7 Å². The van der Waals surface area contributed by atoms with Crippen molar-refractivity contribution >= 4 is 80.0 Å². The number of hydrogen-bond acceptors (Lipinski definition) is 3. The van der Waals surface area contributed by atoms with Crippen molar-refractivity contribution in [3.05, 3.63) is 68.0 Å². The van der Waals surface area contributed by atoms with Crippen LogP contribution >= 0.6 is 56.4 Å². The van der Waals surface area contributed by atoms with Crippen LogP contribution in [0.15, 0.2) is 68.0 Å². The minimum Gasteiger partial charge on any atom is -0.407 e. The van der Waals surface area contributed by atoms with Gasteiger partial charge in [-0.1, -0.05) is 42.9 Å². The predicted molar refractivity (Wildman–Crippen MR) is 122 cm³/mol. The molecule has 6 rings (SSSR count). The number of benzene rings is 3. The Kier molecular flexibility index (Phi) is 4.44. The molecule has 136 valence electrons. The molecule has 0 spiro atoms. The van der Waals surface area contributed by atoms with Crippen LogP contribution in [0.4, 0.5) is 0 Å². The van der Waals surface area contributed by atoms with Gasteiger partial charge in [-0.25, -0.2) is 0 Å². The van der Waals surface area contributed by atoms with Crippen LogP contribution < -0.4 is 29.1 Å². The number of halogens is 3. The van der Waals surface area contributed by atoms with Gasteiger partial charge >= 0.3 is 8.60 Å². The molecule has 2 bridgehead atoms. The molecule has 3 nitrogen and oxygen atoms in total. The molecule has 0 radical (unpaired) electrons. The zero-order valence-corrected chi connectivity index (χ0v) is 20.7. The van der Waals surface area contributed by atoms with Crippen molar-refractivity contribution in [1.29, 1.82) is 0 Å². The maximum absolute atomic E-state index is 6.29. The summed E-state index contributed by atoms with van der Waals surface area (Å²) in [5.41, 5.74) is 0. The molecule has 0 aromatic heterocycles. The van der Waals surface area contributed by atoms with Gasteiger partial charge in [0.1, 0.15) is 17.2 Å². The van der Waals surface area contributed by atoms with Crippen LogP contribution in [-0.2, 0) is 0 Å². The van der Waals surface area contributed by atoms with Crippen LogP contribution in [0.3, 0.4) is 0 Å². The first-order valence-electron chi connectivity index (χ1n) is 8.21. The summed E-state index contributed by atoms with van der Waals surface area (Å²) in [6.45, 7) is 2.32. The molecule has 0 amide bonds. The quantitative estimate of drug-likeness (QED) is 0.259. The summed E-state index contributed by atoms with van der Waals surface area (Å²) in [6.07, 6.45) is 0. The SMILES string of the molecule is C[Si]12c3cccc(Br)c3OP(Oc3c(Br)cccc31)Oc1c(Br)cccc12. The van der Waals surface area contributed by atoms with Crippen molar-refractivity contribution in [2.75, 3.05) is 0 Å². The summed E-state index contributed by atoms with van der Waals surface area (Å²) in [6, 6.07) is 18.7. The molecule has 0 saturated carbocycles. The lowest BCUT2D eigenvalue weighted by Crippen LogP contribution is -2.66. The van der Waals surface area contributed by atoms with E-state index in [-0.39, 0.29) is 0 Å². The van der Waals surface area contributed by atoms with Crippen molar-refractivity contribution in [3.63, 3.8) is 0 Å². The van der Waals surface area contributed by atoms with Crippen molar-refractivity contribution in [2.24, 2.45) is 0 Å². The first-order valence-corrected chi connectivity index (χ1v) is 14.2. The number of para-hydroxylation sites is 3. The molecule has 3 aliphatic heterocycles. The average Bonchev–Trinajstić information content (AvgIpc) is 2.63. The minimum absolute atomic E-state index is 0.814. The summed E-state index contributed by atoms with van der Waals surface area (Å²) >= 11 is 11.0. The highest BCUT2D eigenvalue weighted by Gasteiger charge is 2.48. The topological polar surface area (TPSA) is 27.7 Å². The van der Waals surface area contributed by atoms with Crippen LogP contribution in [-0.4, -0.2) is 8.07 Å². The highest BCUT2D eigenvalue weighted by molar-refractivity contribution is 9.11. The summed E-state index contributed by atoms with van der Waals surface area (Å²) in [5, 5.41) is 3.61. The second-order valence-corrected chi connectivity index (χ2v) is 13.9. The zero-order chi connectivity index (χ0) is 18.8. The molecule has 0 fully saturated rings. The minimum atomic E-state index is -2.49. The van der Waals surface area contributed by atoms with Gasteiger partial charge in [0.2, 0.25) is 0 Å². The van der Waals surface area contributed by atoms with Gasteiger partial charge in [-0.2, -0.15) is 0 Å². The summed E-state index contributed by atoms with van der Waals surface area (Å²) in [4.78, 5) is 0. The Morgan fingerprint density at radius 1 is 0.630 bits per heavy atom. The van der Waals surface area contributed by atoms with Crippen LogP contribution in [0.5, 0.6) is 17.2 Å². The predicted octanol–water partition coefficient (Wildman–Crippen LogP) is 5.46. The molecule has 0 N–H and O–H groups in total. The van der Waals surface area contributed by atoms with Gasteiger partial charge < -0.3 is 13.6 Å². The van der Waals surface area contributed by atoms with E-state index in [0.717, 1.165) is 30.7 Å². The largest absolute Gasteiger partial charge is 0.530 e. The van der Waals surface area contributed by atoms with E-state index >= 15 is 0 Å². The lowest BCUT2D eigenvalue weighted by molar-refractivity contribution is 0.386. The fraction of sp³-hybridized carbons (Fsp3) is 0.0526. The van der Waals surface area contributed by atoms with Gasteiger partial charge in [-0.05, 0) is 81.5 Å². The molecule has 3 aromatic rings. The molecule has 3 heterocycles. The molecular weight excluding hydrogens is 575 g/mol. The Morgan fingerprint density at radius 2 is 0.963 bits per heavy atom. The van der Waals surface area contributed by atoms with Crippen LogP contribution in [0, 0.1) is 0 Å². The van der Waals surface area contributed by atoms with Gasteiger partial charge in [0, 0.05) is 0 Å². The van der Waals surface area contributed by atoms with Gasteiger partial charge in [0.05, 0.1) is 13.4 Å². The third-order valence-corrected chi connectivity index (χ3v) is 12.3. The average molecular weight is 587 g/mol. The van der Waals surface area contributed by atoms with E-state index in [9.17, 15) is 0 Å². The van der Waals surface area contributed by atoms with E-state index in [0.29, 0.717) is 0 Å².